The van der Waals surface area contributed by atoms with Gasteiger partial charge in [0.25, 0.3) is 0 Å². The summed E-state index contributed by atoms with van der Waals surface area (Å²) in [4.78, 5) is 0. The molecule has 0 aliphatic carbocycles. The maximum absolute atomic E-state index is 13.0. The topological polar surface area (TPSA) is 46.2 Å². The van der Waals surface area contributed by atoms with E-state index in [4.69, 9.17) is 5.73 Å². The summed E-state index contributed by atoms with van der Waals surface area (Å²) < 4.78 is 13.0. The quantitative estimate of drug-likeness (QED) is 0.866. The summed E-state index contributed by atoms with van der Waals surface area (Å²) in [6.07, 6.45) is 1.05. The molecule has 18 heavy (non-hydrogen) atoms. The minimum absolute atomic E-state index is 0. The Morgan fingerprint density at radius 2 is 1.89 bits per heavy atom. The van der Waals surface area contributed by atoms with Gasteiger partial charge in [-0.3, -0.25) is 0 Å². The van der Waals surface area contributed by atoms with Crippen LogP contribution in [0.5, 0.6) is 0 Å². The molecule has 0 amide bonds. The second kappa shape index (κ2) is 7.72. The summed E-state index contributed by atoms with van der Waals surface area (Å²) in [5, 5.41) is 10.00. The molecule has 0 aromatic heterocycles. The van der Waals surface area contributed by atoms with Gasteiger partial charge in [-0.05, 0) is 48.9 Å². The molecule has 3 N–H and O–H groups in total. The molecule has 2 atom stereocenters. The van der Waals surface area contributed by atoms with Crippen molar-refractivity contribution in [1.29, 1.82) is 0 Å². The Balaban J connectivity index is 0.00000289. The smallest absolute Gasteiger partial charge is 0.123 e. The monoisotopic (exact) mass is 275 g/mol. The van der Waals surface area contributed by atoms with Crippen LogP contribution in [-0.4, -0.2) is 11.2 Å². The van der Waals surface area contributed by atoms with Crippen molar-refractivity contribution in [2.75, 3.05) is 0 Å². The number of rotatable bonds is 5. The molecule has 1 rings (SSSR count). The first-order valence-corrected chi connectivity index (χ1v) is 6.11. The maximum Gasteiger partial charge on any atom is 0.123 e. The summed E-state index contributed by atoms with van der Waals surface area (Å²) in [6.45, 7) is 6.04. The van der Waals surface area contributed by atoms with Crippen LogP contribution >= 0.6 is 12.4 Å². The van der Waals surface area contributed by atoms with Gasteiger partial charge < -0.3 is 10.8 Å². The average Bonchev–Trinajstić information content (AvgIpc) is 2.25. The Labute approximate surface area is 115 Å². The SMILES string of the molecule is Cc1cc(F)ccc1[C@H](N)[C@H](O)CCC(C)C.Cl. The minimum atomic E-state index is -0.568. The number of benzene rings is 1. The molecule has 1 aromatic carbocycles. The van der Waals surface area contributed by atoms with Crippen molar-refractivity contribution in [2.45, 2.75) is 45.8 Å². The van der Waals surface area contributed by atoms with E-state index in [1.54, 1.807) is 6.07 Å². The zero-order valence-corrected chi connectivity index (χ0v) is 12.0. The molecule has 0 heterocycles. The molecular formula is C14H23ClFNO. The summed E-state index contributed by atoms with van der Waals surface area (Å²) in [7, 11) is 0. The highest BCUT2D eigenvalue weighted by molar-refractivity contribution is 5.85. The first kappa shape index (κ1) is 17.4. The summed E-state index contributed by atoms with van der Waals surface area (Å²) in [6, 6.07) is 4.06. The fourth-order valence-electron chi connectivity index (χ4n) is 1.90. The van der Waals surface area contributed by atoms with Crippen LogP contribution in [0.4, 0.5) is 4.39 Å². The Morgan fingerprint density at radius 1 is 1.28 bits per heavy atom. The van der Waals surface area contributed by atoms with Gasteiger partial charge >= 0.3 is 0 Å². The Morgan fingerprint density at radius 3 is 2.39 bits per heavy atom. The minimum Gasteiger partial charge on any atom is -0.391 e. The van der Waals surface area contributed by atoms with Crippen LogP contribution in [0.25, 0.3) is 0 Å². The molecule has 0 radical (unpaired) electrons. The number of hydrogen-bond acceptors (Lipinski definition) is 2. The molecule has 1 aromatic rings. The lowest BCUT2D eigenvalue weighted by atomic mass is 9.93. The molecule has 0 bridgehead atoms. The van der Waals surface area contributed by atoms with Crippen LogP contribution < -0.4 is 5.73 Å². The van der Waals surface area contributed by atoms with Crippen molar-refractivity contribution in [2.24, 2.45) is 11.7 Å². The number of nitrogens with two attached hydrogens (primary N) is 1. The van der Waals surface area contributed by atoms with E-state index < -0.39 is 12.1 Å². The van der Waals surface area contributed by atoms with Crippen molar-refractivity contribution in [3.05, 3.63) is 35.1 Å². The second-order valence-corrected chi connectivity index (χ2v) is 5.07. The number of halogens is 2. The van der Waals surface area contributed by atoms with E-state index in [9.17, 15) is 9.50 Å². The zero-order chi connectivity index (χ0) is 13.0. The molecule has 0 spiro atoms. The molecule has 0 aliphatic rings. The van der Waals surface area contributed by atoms with E-state index in [1.165, 1.54) is 12.1 Å². The maximum atomic E-state index is 13.0. The van der Waals surface area contributed by atoms with Crippen molar-refractivity contribution in [3.63, 3.8) is 0 Å². The van der Waals surface area contributed by atoms with Crippen LogP contribution in [0.2, 0.25) is 0 Å². The standard InChI is InChI=1S/C14H22FNO.ClH/c1-9(2)4-7-13(17)14(16)12-6-5-11(15)8-10(12)3;/h5-6,8-9,13-14,17H,4,7,16H2,1-3H3;1H/t13-,14+;/m1./s1. The van der Waals surface area contributed by atoms with E-state index in [2.05, 4.69) is 13.8 Å². The second-order valence-electron chi connectivity index (χ2n) is 5.07. The fraction of sp³-hybridized carbons (Fsp3) is 0.571. The highest BCUT2D eigenvalue weighted by Crippen LogP contribution is 2.22. The molecule has 0 unspecified atom stereocenters. The van der Waals surface area contributed by atoms with E-state index in [0.29, 0.717) is 12.3 Å². The molecule has 2 nitrogen and oxygen atoms in total. The normalized spacial score (nSPS) is 14.2. The van der Waals surface area contributed by atoms with Crippen molar-refractivity contribution < 1.29 is 9.50 Å². The summed E-state index contributed by atoms with van der Waals surface area (Å²) in [5.41, 5.74) is 7.62. The van der Waals surface area contributed by atoms with Crippen molar-refractivity contribution in [3.8, 4) is 0 Å². The fourth-order valence-corrected chi connectivity index (χ4v) is 1.90. The van der Waals surface area contributed by atoms with Gasteiger partial charge in [0.2, 0.25) is 0 Å². The molecule has 0 saturated carbocycles. The predicted molar refractivity (Wildman–Crippen MR) is 75.4 cm³/mol. The van der Waals surface area contributed by atoms with E-state index in [1.807, 2.05) is 6.92 Å². The van der Waals surface area contributed by atoms with Gasteiger partial charge in [0, 0.05) is 0 Å². The van der Waals surface area contributed by atoms with Gasteiger partial charge in [0.05, 0.1) is 12.1 Å². The van der Waals surface area contributed by atoms with Gasteiger partial charge in [-0.1, -0.05) is 19.9 Å². The Kier molecular flexibility index (Phi) is 7.45. The lowest BCUT2D eigenvalue weighted by molar-refractivity contribution is 0.128. The first-order valence-electron chi connectivity index (χ1n) is 6.11. The van der Waals surface area contributed by atoms with Crippen LogP contribution in [0.15, 0.2) is 18.2 Å². The molecule has 104 valence electrons. The Bertz CT molecular complexity index is 371. The van der Waals surface area contributed by atoms with Crippen LogP contribution in [0, 0.1) is 18.7 Å². The van der Waals surface area contributed by atoms with E-state index >= 15 is 0 Å². The van der Waals surface area contributed by atoms with Gasteiger partial charge in [-0.2, -0.15) is 0 Å². The van der Waals surface area contributed by atoms with Crippen LogP contribution in [0.1, 0.15) is 43.9 Å². The highest BCUT2D eigenvalue weighted by atomic mass is 35.5. The number of aliphatic hydroxyl groups is 1. The van der Waals surface area contributed by atoms with Crippen molar-refractivity contribution in [1.82, 2.24) is 0 Å². The van der Waals surface area contributed by atoms with Gasteiger partial charge in [0.1, 0.15) is 5.82 Å². The number of aliphatic hydroxyl groups excluding tert-OH is 1. The average molecular weight is 276 g/mol. The third kappa shape index (κ3) is 4.92. The molecule has 0 aliphatic heterocycles. The zero-order valence-electron chi connectivity index (χ0n) is 11.2. The van der Waals surface area contributed by atoms with Gasteiger partial charge in [-0.25, -0.2) is 4.39 Å². The molecular weight excluding hydrogens is 253 g/mol. The van der Waals surface area contributed by atoms with Gasteiger partial charge in [-0.15, -0.1) is 12.4 Å². The third-order valence-electron chi connectivity index (χ3n) is 3.05. The lowest BCUT2D eigenvalue weighted by Crippen LogP contribution is -2.27. The molecule has 0 fully saturated rings. The number of hydrogen-bond donors (Lipinski definition) is 2. The van der Waals surface area contributed by atoms with Crippen molar-refractivity contribution >= 4 is 12.4 Å². The predicted octanol–water partition coefficient (Wildman–Crippen LogP) is 3.35. The molecule has 0 saturated heterocycles. The first-order chi connectivity index (χ1) is 7.91. The van der Waals surface area contributed by atoms with E-state index in [0.717, 1.165) is 17.5 Å². The van der Waals surface area contributed by atoms with E-state index in [-0.39, 0.29) is 18.2 Å². The lowest BCUT2D eigenvalue weighted by Gasteiger charge is -2.21. The van der Waals surface area contributed by atoms with Crippen LogP contribution in [-0.2, 0) is 0 Å². The summed E-state index contributed by atoms with van der Waals surface area (Å²) >= 11 is 0. The largest absolute Gasteiger partial charge is 0.391 e. The van der Waals surface area contributed by atoms with Gasteiger partial charge in [0.15, 0.2) is 0 Å². The summed E-state index contributed by atoms with van der Waals surface area (Å²) in [5.74, 6) is 0.279. The third-order valence-corrected chi connectivity index (χ3v) is 3.05. The van der Waals surface area contributed by atoms with Crippen LogP contribution in [0.3, 0.4) is 0 Å². The number of aryl methyl sites for hydroxylation is 1. The molecule has 4 heteroatoms. The highest BCUT2D eigenvalue weighted by Gasteiger charge is 2.18. The Hall–Kier alpha value is -0.640.